The van der Waals surface area contributed by atoms with E-state index in [4.69, 9.17) is 38.2 Å². The summed E-state index contributed by atoms with van der Waals surface area (Å²) in [6.45, 7) is 9.12. The molecule has 3 aromatic rings. The van der Waals surface area contributed by atoms with Gasteiger partial charge >= 0.3 is 5.97 Å². The van der Waals surface area contributed by atoms with E-state index in [1.54, 1.807) is 23.8 Å². The van der Waals surface area contributed by atoms with Crippen LogP contribution < -0.4 is 5.56 Å². The Hall–Kier alpha value is -3.72. The second-order valence-electron chi connectivity index (χ2n) is 13.2. The Morgan fingerprint density at radius 1 is 1.04 bits per heavy atom. The summed E-state index contributed by atoms with van der Waals surface area (Å²) in [5, 5.41) is 16.4. The number of esters is 1. The minimum Gasteiger partial charge on any atom is -0.458 e. The van der Waals surface area contributed by atoms with Crippen molar-refractivity contribution >= 4 is 23.1 Å². The first-order chi connectivity index (χ1) is 21.9. The largest absolute Gasteiger partial charge is 0.458 e. The van der Waals surface area contributed by atoms with Crippen LogP contribution >= 0.6 is 0 Å². The molecule has 0 bridgehead atoms. The molecule has 6 atom stereocenters. The first kappa shape index (κ1) is 29.7. The Balaban J connectivity index is 1.11. The van der Waals surface area contributed by atoms with Gasteiger partial charge < -0.3 is 42.9 Å². The molecule has 2 aromatic heterocycles. The predicted octanol–water partition coefficient (Wildman–Crippen LogP) is 2.83. The zero-order valence-electron chi connectivity index (χ0n) is 26.1. The van der Waals surface area contributed by atoms with E-state index in [0.29, 0.717) is 16.9 Å². The van der Waals surface area contributed by atoms with Crippen LogP contribution in [0.15, 0.2) is 40.3 Å². The van der Waals surface area contributed by atoms with E-state index in [2.05, 4.69) is 5.16 Å². The number of pyridine rings is 2. The van der Waals surface area contributed by atoms with E-state index in [1.165, 1.54) is 0 Å². The number of aromatic nitrogens is 2. The molecule has 13 heteroatoms. The second-order valence-corrected chi connectivity index (χ2v) is 13.2. The van der Waals surface area contributed by atoms with Crippen LogP contribution in [-0.2, 0) is 56.8 Å². The predicted molar refractivity (Wildman–Crippen MR) is 161 cm³/mol. The number of hydrogen-bond acceptors (Lipinski definition) is 12. The Kier molecular flexibility index (Phi) is 6.54. The molecular weight excluding hydrogens is 598 g/mol. The van der Waals surface area contributed by atoms with Gasteiger partial charge in [0.2, 0.25) is 0 Å². The first-order valence-electron chi connectivity index (χ1n) is 15.5. The lowest BCUT2D eigenvalue weighted by atomic mass is 9.86. The maximum atomic E-state index is 13.7. The number of nitrogens with zero attached hydrogens (tertiary/aromatic N) is 3. The van der Waals surface area contributed by atoms with E-state index in [9.17, 15) is 14.7 Å². The number of rotatable bonds is 5. The van der Waals surface area contributed by atoms with Crippen molar-refractivity contribution in [1.82, 2.24) is 9.55 Å². The van der Waals surface area contributed by atoms with Crippen molar-refractivity contribution in [3.63, 3.8) is 0 Å². The van der Waals surface area contributed by atoms with Gasteiger partial charge in [0.05, 0.1) is 35.2 Å². The van der Waals surface area contributed by atoms with Gasteiger partial charge in [0.1, 0.15) is 37.6 Å². The Morgan fingerprint density at radius 3 is 2.59 bits per heavy atom. The lowest BCUT2D eigenvalue weighted by molar-refractivity contribution is -0.243. The summed E-state index contributed by atoms with van der Waals surface area (Å²) in [5.74, 6) is -2.43. The van der Waals surface area contributed by atoms with Crippen LogP contribution in [0.4, 0.5) is 0 Å². The van der Waals surface area contributed by atoms with Crippen molar-refractivity contribution in [2.24, 2.45) is 5.16 Å². The highest BCUT2D eigenvalue weighted by molar-refractivity contribution is 6.02. The summed E-state index contributed by atoms with van der Waals surface area (Å²) < 4.78 is 37.5. The minimum atomic E-state index is -1.91. The summed E-state index contributed by atoms with van der Waals surface area (Å²) in [5.41, 5.74) is 1.56. The third kappa shape index (κ3) is 4.44. The van der Waals surface area contributed by atoms with Gasteiger partial charge in [-0.25, -0.2) is 9.78 Å². The van der Waals surface area contributed by atoms with Crippen LogP contribution in [-0.4, -0.2) is 75.7 Å². The zero-order valence-corrected chi connectivity index (χ0v) is 26.1. The first-order valence-corrected chi connectivity index (χ1v) is 15.5. The molecule has 3 fully saturated rings. The number of aliphatic hydroxyl groups is 1. The summed E-state index contributed by atoms with van der Waals surface area (Å²) in [7, 11) is 0. The summed E-state index contributed by atoms with van der Waals surface area (Å²) in [6.07, 6.45) is -0.818. The molecule has 1 aromatic carbocycles. The van der Waals surface area contributed by atoms with E-state index in [-0.39, 0.29) is 42.9 Å². The number of hydrogen-bond donors (Lipinski definition) is 1. The van der Waals surface area contributed by atoms with E-state index >= 15 is 0 Å². The number of carbonyl (C=O) groups is 1. The molecule has 13 nitrogen and oxygen atoms in total. The molecule has 8 rings (SSSR count). The monoisotopic (exact) mass is 633 g/mol. The third-order valence-corrected chi connectivity index (χ3v) is 9.39. The molecule has 3 saturated heterocycles. The number of para-hydroxylation sites is 1. The van der Waals surface area contributed by atoms with E-state index < -0.39 is 53.9 Å². The molecule has 242 valence electrons. The number of cyclic esters (lactones) is 1. The molecule has 5 aliphatic rings. The van der Waals surface area contributed by atoms with Crippen molar-refractivity contribution in [1.29, 1.82) is 0 Å². The van der Waals surface area contributed by atoms with Crippen molar-refractivity contribution in [2.75, 3.05) is 6.61 Å². The summed E-state index contributed by atoms with van der Waals surface area (Å²) in [6, 6.07) is 9.29. The van der Waals surface area contributed by atoms with Crippen molar-refractivity contribution in [3.05, 3.63) is 62.9 Å². The van der Waals surface area contributed by atoms with Crippen molar-refractivity contribution in [3.8, 4) is 11.4 Å². The highest BCUT2D eigenvalue weighted by Crippen LogP contribution is 2.44. The highest BCUT2D eigenvalue weighted by atomic mass is 16.9. The van der Waals surface area contributed by atoms with Crippen molar-refractivity contribution < 1.29 is 43.2 Å². The Morgan fingerprint density at radius 2 is 1.78 bits per heavy atom. The number of benzene rings is 1. The molecule has 0 amide bonds. The van der Waals surface area contributed by atoms with E-state index in [1.807, 2.05) is 52.0 Å². The zero-order chi connectivity index (χ0) is 32.2. The molecule has 0 aliphatic carbocycles. The molecule has 5 aliphatic heterocycles. The normalized spacial score (nSPS) is 31.7. The third-order valence-electron chi connectivity index (χ3n) is 9.39. The Bertz CT molecular complexity index is 1870. The quantitative estimate of drug-likeness (QED) is 0.196. The molecule has 0 radical (unpaired) electrons. The number of ether oxygens (including phenoxy) is 6. The van der Waals surface area contributed by atoms with Crippen LogP contribution in [0.5, 0.6) is 0 Å². The van der Waals surface area contributed by atoms with Crippen LogP contribution in [0, 0.1) is 0 Å². The molecule has 1 unspecified atom stereocenters. The van der Waals surface area contributed by atoms with Gasteiger partial charge in [-0.2, -0.15) is 0 Å². The van der Waals surface area contributed by atoms with Gasteiger partial charge in [-0.1, -0.05) is 30.3 Å². The maximum absolute atomic E-state index is 13.7. The molecule has 7 heterocycles. The fraction of sp³-hybridized carbons (Fsp3) is 0.515. The molecule has 46 heavy (non-hydrogen) atoms. The lowest BCUT2D eigenvalue weighted by Crippen LogP contribution is -2.56. The number of carbonyl (C=O) groups excluding carboxylic acids is 1. The number of fused-ring (bicyclic) bond motifs is 8. The van der Waals surface area contributed by atoms with E-state index in [0.717, 1.165) is 16.5 Å². The smallest absolute Gasteiger partial charge is 0.343 e. The standard InChI is InChI=1S/C33H35N3O10/c1-6-33(39)20-11-22-24-18(13-36(22)28(37)19(20)14-40-30(33)38)17(16-9-7-8-10-21(16)35-24)12-34-41-15-23-25-26(44-31(2,3)43-25)27-29(42-23)46-32(4,5)45-27/h7-12,23,25-27,29,39H,6,13-15H2,1-5H3/b34-12+/t23-,25+,26+,27-,29?,33+/m1/s1. The average molecular weight is 634 g/mol. The van der Waals surface area contributed by atoms with Gasteiger partial charge in [-0.15, -0.1) is 0 Å². The fourth-order valence-electron chi connectivity index (χ4n) is 7.24. The molecule has 1 N–H and O–H groups in total. The summed E-state index contributed by atoms with van der Waals surface area (Å²) >= 11 is 0. The maximum Gasteiger partial charge on any atom is 0.343 e. The van der Waals surface area contributed by atoms with Gasteiger partial charge in [-0.3, -0.25) is 4.79 Å². The van der Waals surface area contributed by atoms with Crippen LogP contribution in [0.1, 0.15) is 63.3 Å². The van der Waals surface area contributed by atoms with Gasteiger partial charge in [0, 0.05) is 22.1 Å². The summed E-state index contributed by atoms with van der Waals surface area (Å²) in [4.78, 5) is 37.0. The molecule has 0 saturated carbocycles. The number of oxime groups is 1. The molecular formula is C33H35N3O10. The van der Waals surface area contributed by atoms with Gasteiger partial charge in [0.15, 0.2) is 23.5 Å². The van der Waals surface area contributed by atoms with Gasteiger partial charge in [-0.05, 0) is 46.2 Å². The average Bonchev–Trinajstić information content (AvgIpc) is 3.66. The lowest BCUT2D eigenvalue weighted by Gasteiger charge is -2.36. The SMILES string of the molecule is CC[C@@]1(O)C(=O)OCc2c1cc1n(c2=O)Cc2c-1nc1ccccc1c2/C=N/OC[C@H]1OC2OC(C)(C)O[C@@H]2[C@H]2OC(C)(C)O[C@H]21. The molecule has 0 spiro atoms. The van der Waals surface area contributed by atoms with Crippen LogP contribution in [0.25, 0.3) is 22.3 Å². The van der Waals surface area contributed by atoms with Crippen LogP contribution in [0.3, 0.4) is 0 Å². The Labute approximate surface area is 263 Å². The fourth-order valence-corrected chi connectivity index (χ4v) is 7.24. The highest BCUT2D eigenvalue weighted by Gasteiger charge is 2.61. The van der Waals surface area contributed by atoms with Gasteiger partial charge in [0.25, 0.3) is 5.56 Å². The van der Waals surface area contributed by atoms with Crippen molar-refractivity contribution in [2.45, 2.75) is 102 Å². The second kappa shape index (κ2) is 10.1. The van der Waals surface area contributed by atoms with Crippen LogP contribution in [0.2, 0.25) is 0 Å². The minimum absolute atomic E-state index is 0.0609. The topological polar surface area (TPSA) is 149 Å².